The van der Waals surface area contributed by atoms with Gasteiger partial charge in [-0.2, -0.15) is 10.4 Å². The maximum atomic E-state index is 14.1. The highest BCUT2D eigenvalue weighted by molar-refractivity contribution is 6.30. The van der Waals surface area contributed by atoms with Crippen LogP contribution in [-0.2, 0) is 0 Å². The molecule has 1 heterocycles. The minimum Gasteiger partial charge on any atom is -0.382 e. The van der Waals surface area contributed by atoms with Gasteiger partial charge in [0.1, 0.15) is 34.8 Å². The maximum absolute atomic E-state index is 14.1. The fourth-order valence-electron chi connectivity index (χ4n) is 2.45. The molecule has 2 aromatic carbocycles. The van der Waals surface area contributed by atoms with E-state index in [4.69, 9.17) is 17.3 Å². The molecule has 0 spiro atoms. The lowest BCUT2D eigenvalue weighted by molar-refractivity contribution is 0.585. The fourth-order valence-corrected chi connectivity index (χ4v) is 2.73. The van der Waals surface area contributed by atoms with Gasteiger partial charge < -0.3 is 5.73 Å². The molecule has 0 amide bonds. The Balaban J connectivity index is 2.25. The molecule has 3 rings (SSSR count). The van der Waals surface area contributed by atoms with Crippen LogP contribution in [0.5, 0.6) is 0 Å². The molecule has 4 nitrogen and oxygen atoms in total. The summed E-state index contributed by atoms with van der Waals surface area (Å²) in [5.74, 6) is -1.48. The van der Waals surface area contributed by atoms with Crippen LogP contribution in [0.25, 0.3) is 16.9 Å². The smallest absolute Gasteiger partial charge is 0.145 e. The lowest BCUT2D eigenvalue weighted by atomic mass is 10.1. The summed E-state index contributed by atoms with van der Waals surface area (Å²) < 4.78 is 28.5. The van der Waals surface area contributed by atoms with E-state index in [9.17, 15) is 14.0 Å². The summed E-state index contributed by atoms with van der Waals surface area (Å²) in [5, 5.41) is 14.1. The van der Waals surface area contributed by atoms with Gasteiger partial charge in [0.05, 0.1) is 5.69 Å². The van der Waals surface area contributed by atoms with E-state index in [2.05, 4.69) is 5.10 Å². The number of nitrogens with zero attached hydrogens (tertiary/aromatic N) is 3. The van der Waals surface area contributed by atoms with E-state index in [1.54, 1.807) is 18.2 Å². The highest BCUT2D eigenvalue weighted by atomic mass is 35.5. The van der Waals surface area contributed by atoms with E-state index in [1.165, 1.54) is 10.7 Å². The van der Waals surface area contributed by atoms with Gasteiger partial charge in [0.2, 0.25) is 0 Å². The Morgan fingerprint density at radius 3 is 2.58 bits per heavy atom. The number of benzene rings is 2. The summed E-state index contributed by atoms with van der Waals surface area (Å²) in [6.45, 7) is 1.85. The van der Waals surface area contributed by atoms with Crippen molar-refractivity contribution in [2.75, 3.05) is 5.73 Å². The Hall–Kier alpha value is -2.91. The van der Waals surface area contributed by atoms with Crippen molar-refractivity contribution >= 4 is 17.4 Å². The van der Waals surface area contributed by atoms with Crippen molar-refractivity contribution in [1.29, 1.82) is 5.26 Å². The summed E-state index contributed by atoms with van der Waals surface area (Å²) in [5.41, 5.74) is 7.48. The number of aryl methyl sites for hydroxylation is 1. The minimum absolute atomic E-state index is 0.00264. The minimum atomic E-state index is -0.821. The van der Waals surface area contributed by atoms with E-state index in [0.29, 0.717) is 10.7 Å². The SMILES string of the molecule is Cc1cc(Cl)cc(-n2nc(-c3ccc(F)cc3F)c(C#N)c2N)c1. The summed E-state index contributed by atoms with van der Waals surface area (Å²) in [4.78, 5) is 0. The zero-order valence-corrected chi connectivity index (χ0v) is 13.3. The zero-order valence-electron chi connectivity index (χ0n) is 12.5. The van der Waals surface area contributed by atoms with Crippen LogP contribution >= 0.6 is 11.6 Å². The molecule has 0 bridgehead atoms. The Kier molecular flexibility index (Phi) is 3.96. The van der Waals surface area contributed by atoms with Gasteiger partial charge in [-0.1, -0.05) is 11.6 Å². The molecule has 0 unspecified atom stereocenters. The number of nitrogen functional groups attached to an aromatic ring is 1. The van der Waals surface area contributed by atoms with Gasteiger partial charge >= 0.3 is 0 Å². The molecule has 0 saturated carbocycles. The molecular weight excluding hydrogens is 334 g/mol. The predicted molar refractivity (Wildman–Crippen MR) is 87.8 cm³/mol. The molecule has 0 fully saturated rings. The van der Waals surface area contributed by atoms with Gasteiger partial charge in [0.25, 0.3) is 0 Å². The Bertz CT molecular complexity index is 969. The molecule has 7 heteroatoms. The van der Waals surface area contributed by atoms with Crippen LogP contribution in [-0.4, -0.2) is 9.78 Å². The van der Waals surface area contributed by atoms with E-state index in [1.807, 2.05) is 13.0 Å². The summed E-state index contributed by atoms with van der Waals surface area (Å²) in [7, 11) is 0. The van der Waals surface area contributed by atoms with Crippen molar-refractivity contribution in [1.82, 2.24) is 9.78 Å². The predicted octanol–water partition coefficient (Wildman–Crippen LogP) is 4.23. The van der Waals surface area contributed by atoms with Gasteiger partial charge in [-0.25, -0.2) is 13.5 Å². The van der Waals surface area contributed by atoms with Crippen molar-refractivity contribution < 1.29 is 8.78 Å². The first kappa shape index (κ1) is 16.0. The Morgan fingerprint density at radius 1 is 1.21 bits per heavy atom. The van der Waals surface area contributed by atoms with Crippen molar-refractivity contribution in [2.24, 2.45) is 0 Å². The number of hydrogen-bond donors (Lipinski definition) is 1. The summed E-state index contributed by atoms with van der Waals surface area (Å²) in [6.07, 6.45) is 0. The monoisotopic (exact) mass is 344 g/mol. The standard InChI is InChI=1S/C17H11ClF2N4/c1-9-4-10(18)6-12(5-9)24-17(22)14(8-21)16(23-24)13-3-2-11(19)7-15(13)20/h2-7H,22H2,1H3. The highest BCUT2D eigenvalue weighted by Gasteiger charge is 2.21. The molecule has 0 aliphatic rings. The number of nitrogens with two attached hydrogens (primary N) is 1. The number of anilines is 1. The van der Waals surface area contributed by atoms with Crippen molar-refractivity contribution in [2.45, 2.75) is 6.92 Å². The fraction of sp³-hybridized carbons (Fsp3) is 0.0588. The van der Waals surface area contributed by atoms with Crippen LogP contribution in [0.15, 0.2) is 36.4 Å². The Morgan fingerprint density at radius 2 is 1.96 bits per heavy atom. The average Bonchev–Trinajstić information content (AvgIpc) is 2.83. The lowest BCUT2D eigenvalue weighted by Gasteiger charge is -2.06. The van der Waals surface area contributed by atoms with E-state index in [0.717, 1.165) is 17.7 Å². The first-order chi connectivity index (χ1) is 11.4. The number of aromatic nitrogens is 2. The lowest BCUT2D eigenvalue weighted by Crippen LogP contribution is -2.02. The molecule has 3 aromatic rings. The van der Waals surface area contributed by atoms with E-state index < -0.39 is 11.6 Å². The third-order valence-corrected chi connectivity index (χ3v) is 3.71. The van der Waals surface area contributed by atoms with Crippen molar-refractivity contribution in [3.05, 3.63) is 64.2 Å². The van der Waals surface area contributed by atoms with Gasteiger partial charge in [0.15, 0.2) is 0 Å². The normalized spacial score (nSPS) is 10.6. The molecule has 0 atom stereocenters. The average molecular weight is 345 g/mol. The maximum Gasteiger partial charge on any atom is 0.145 e. The first-order valence-electron chi connectivity index (χ1n) is 6.92. The molecule has 1 aromatic heterocycles. The second kappa shape index (κ2) is 5.95. The molecule has 24 heavy (non-hydrogen) atoms. The molecule has 0 saturated heterocycles. The molecule has 2 N–H and O–H groups in total. The van der Waals surface area contributed by atoms with Crippen LogP contribution in [0, 0.1) is 29.9 Å². The second-order valence-corrected chi connectivity index (χ2v) is 5.68. The third-order valence-electron chi connectivity index (χ3n) is 3.49. The largest absolute Gasteiger partial charge is 0.382 e. The van der Waals surface area contributed by atoms with E-state index >= 15 is 0 Å². The van der Waals surface area contributed by atoms with Gasteiger partial charge in [-0.3, -0.25) is 0 Å². The summed E-state index contributed by atoms with van der Waals surface area (Å²) in [6, 6.07) is 10.1. The highest BCUT2D eigenvalue weighted by Crippen LogP contribution is 2.31. The molecule has 0 aliphatic carbocycles. The van der Waals surface area contributed by atoms with E-state index in [-0.39, 0.29) is 22.6 Å². The van der Waals surface area contributed by atoms with Crippen LogP contribution in [0.3, 0.4) is 0 Å². The number of hydrogen-bond acceptors (Lipinski definition) is 3. The molecule has 0 radical (unpaired) electrons. The quantitative estimate of drug-likeness (QED) is 0.756. The molecule has 0 aliphatic heterocycles. The van der Waals surface area contributed by atoms with Crippen LogP contribution in [0.2, 0.25) is 5.02 Å². The second-order valence-electron chi connectivity index (χ2n) is 5.24. The van der Waals surface area contributed by atoms with Crippen LogP contribution < -0.4 is 5.73 Å². The zero-order chi connectivity index (χ0) is 17.4. The number of nitriles is 1. The van der Waals surface area contributed by atoms with Crippen LogP contribution in [0.1, 0.15) is 11.1 Å². The van der Waals surface area contributed by atoms with Gasteiger partial charge in [-0.05, 0) is 42.8 Å². The van der Waals surface area contributed by atoms with Crippen molar-refractivity contribution in [3.63, 3.8) is 0 Å². The molecular formula is C17H11ClF2N4. The topological polar surface area (TPSA) is 67.6 Å². The van der Waals surface area contributed by atoms with Gasteiger partial charge in [-0.15, -0.1) is 0 Å². The summed E-state index contributed by atoms with van der Waals surface area (Å²) >= 11 is 6.04. The van der Waals surface area contributed by atoms with Gasteiger partial charge in [0, 0.05) is 16.7 Å². The number of rotatable bonds is 2. The third kappa shape index (κ3) is 2.70. The Labute approximate surface area is 141 Å². The van der Waals surface area contributed by atoms with Crippen LogP contribution in [0.4, 0.5) is 14.6 Å². The first-order valence-corrected chi connectivity index (χ1v) is 7.30. The van der Waals surface area contributed by atoms with Crippen molar-refractivity contribution in [3.8, 4) is 23.0 Å². The molecule has 120 valence electrons. The number of halogens is 3.